The van der Waals surface area contributed by atoms with E-state index in [9.17, 15) is 0 Å². The summed E-state index contributed by atoms with van der Waals surface area (Å²) >= 11 is 12.5. The fourth-order valence-corrected chi connectivity index (χ4v) is 4.33. The molecule has 0 saturated heterocycles. The van der Waals surface area contributed by atoms with Crippen molar-refractivity contribution in [3.8, 4) is 5.75 Å². The quantitative estimate of drug-likeness (QED) is 0.0631. The van der Waals surface area contributed by atoms with Crippen LogP contribution in [0, 0.1) is 10.9 Å². The van der Waals surface area contributed by atoms with Crippen molar-refractivity contribution >= 4 is 72.6 Å². The average Bonchev–Trinajstić information content (AvgIpc) is 3.28. The zero-order chi connectivity index (χ0) is 21.5. The molecule has 5 rings (SSSR count). The molecule has 31 heavy (non-hydrogen) atoms. The van der Waals surface area contributed by atoms with Crippen LogP contribution in [0.3, 0.4) is 0 Å². The van der Waals surface area contributed by atoms with Crippen molar-refractivity contribution in [3.05, 3.63) is 52.5 Å². The van der Waals surface area contributed by atoms with Gasteiger partial charge in [-0.15, -0.1) is 0 Å². The van der Waals surface area contributed by atoms with Crippen LogP contribution in [0.25, 0.3) is 43.6 Å². The number of hydrogen-bond donors (Lipinski definition) is 5. The maximum atomic E-state index is 7.70. The Kier molecular flexibility index (Phi) is 4.92. The molecule has 0 bridgehead atoms. The van der Waals surface area contributed by atoms with E-state index in [0.717, 1.165) is 49.4 Å². The number of amidine groups is 1. The Bertz CT molecular complexity index is 1390. The third-order valence-corrected chi connectivity index (χ3v) is 5.82. The predicted molar refractivity (Wildman–Crippen MR) is 126 cm³/mol. The molecule has 5 aromatic rings. The Morgan fingerprint density at radius 3 is 2.03 bits per heavy atom. The third kappa shape index (κ3) is 3.45. The van der Waals surface area contributed by atoms with E-state index < -0.39 is 0 Å². The Hall–Kier alpha value is -3.29. The maximum Gasteiger partial charge on any atom is 0.167 e. The van der Waals surface area contributed by atoms with Crippen LogP contribution in [0.1, 0.15) is 12.8 Å². The van der Waals surface area contributed by atoms with Gasteiger partial charge in [0.15, 0.2) is 5.75 Å². The van der Waals surface area contributed by atoms with Crippen LogP contribution in [0.4, 0.5) is 0 Å². The first-order valence-electron chi connectivity index (χ1n) is 9.72. The lowest BCUT2D eigenvalue weighted by molar-refractivity contribution is 0.319. The number of nitrogens with one attached hydrogen (secondary N) is 5. The molecule has 0 aliphatic rings. The lowest BCUT2D eigenvalue weighted by Gasteiger charge is -2.09. The van der Waals surface area contributed by atoms with E-state index in [2.05, 4.69) is 26.7 Å². The number of hydrogen-bond acceptors (Lipinski definition) is 4. The zero-order valence-corrected chi connectivity index (χ0v) is 17.8. The second-order valence-electron chi connectivity index (χ2n) is 7.33. The second kappa shape index (κ2) is 7.76. The molecule has 9 heteroatoms. The molecule has 2 heterocycles. The number of benzene rings is 3. The summed E-state index contributed by atoms with van der Waals surface area (Å²) in [5.41, 5.74) is 12.8. The zero-order valence-electron chi connectivity index (χ0n) is 16.3. The number of ether oxygens (including phenoxy) is 1. The summed E-state index contributed by atoms with van der Waals surface area (Å²) in [7, 11) is 0. The monoisotopic (exact) mass is 452 g/mol. The van der Waals surface area contributed by atoms with Crippen molar-refractivity contribution in [2.75, 3.05) is 6.61 Å². The highest BCUT2D eigenvalue weighted by Crippen LogP contribution is 2.41. The summed E-state index contributed by atoms with van der Waals surface area (Å²) in [6.07, 6.45) is 1.05. The van der Waals surface area contributed by atoms with Gasteiger partial charge in [0.25, 0.3) is 0 Å². The standard InChI is InChI=1S/C22H18Cl2N6O/c23-11-3-5-17-13(8-11)15-10-16-14-9-12(24)4-6-18(14)28-21(16)22(20(15)27-17)31-7-1-2-19(25)29-30-26/h3-6,8-10,27-28H,1-2,7H2,(H3,25,26,29). The SMILES string of the molecule is N=NNC(=N)CCCOc1c2[nH]c3ccc(Cl)cc3c2cc2c1[nH]c1ccc(Cl)cc12. The summed E-state index contributed by atoms with van der Waals surface area (Å²) in [6, 6.07) is 13.7. The molecule has 2 aromatic heterocycles. The first-order valence-corrected chi connectivity index (χ1v) is 10.5. The lowest BCUT2D eigenvalue weighted by atomic mass is 10.1. The first-order chi connectivity index (χ1) is 15.0. The van der Waals surface area contributed by atoms with Crippen LogP contribution in [0.2, 0.25) is 10.0 Å². The molecular weight excluding hydrogens is 435 g/mol. The van der Waals surface area contributed by atoms with E-state index >= 15 is 0 Å². The van der Waals surface area contributed by atoms with Gasteiger partial charge in [0.2, 0.25) is 0 Å². The Morgan fingerprint density at radius 1 is 0.903 bits per heavy atom. The second-order valence-corrected chi connectivity index (χ2v) is 8.21. The molecule has 5 N–H and O–H groups in total. The van der Waals surface area contributed by atoms with Gasteiger partial charge >= 0.3 is 0 Å². The summed E-state index contributed by atoms with van der Waals surface area (Å²) in [5, 5.41) is 16.1. The number of H-pyrrole nitrogens is 2. The Morgan fingerprint density at radius 2 is 1.48 bits per heavy atom. The largest absolute Gasteiger partial charge is 0.489 e. The van der Waals surface area contributed by atoms with Crippen LogP contribution < -0.4 is 10.2 Å². The number of fused-ring (bicyclic) bond motifs is 6. The van der Waals surface area contributed by atoms with Crippen molar-refractivity contribution in [1.29, 1.82) is 10.9 Å². The fraction of sp³-hybridized carbons (Fsp3) is 0.136. The van der Waals surface area contributed by atoms with Crippen molar-refractivity contribution in [3.63, 3.8) is 0 Å². The van der Waals surface area contributed by atoms with E-state index in [-0.39, 0.29) is 5.84 Å². The summed E-state index contributed by atoms with van der Waals surface area (Å²) in [6.45, 7) is 0.405. The molecule has 0 unspecified atom stereocenters. The van der Waals surface area contributed by atoms with Crippen molar-refractivity contribution < 1.29 is 4.74 Å². The average molecular weight is 453 g/mol. The molecule has 3 aromatic carbocycles. The van der Waals surface area contributed by atoms with Gasteiger partial charge in [0.05, 0.1) is 17.6 Å². The number of rotatable bonds is 6. The van der Waals surface area contributed by atoms with Gasteiger partial charge < -0.3 is 14.7 Å². The van der Waals surface area contributed by atoms with Crippen molar-refractivity contribution in [1.82, 2.24) is 15.4 Å². The predicted octanol–water partition coefficient (Wildman–Crippen LogP) is 6.93. The molecule has 0 amide bonds. The number of aromatic amines is 2. The van der Waals surface area contributed by atoms with Crippen LogP contribution in [0.15, 0.2) is 47.7 Å². The van der Waals surface area contributed by atoms with Crippen molar-refractivity contribution in [2.45, 2.75) is 12.8 Å². The maximum absolute atomic E-state index is 7.70. The molecule has 0 saturated carbocycles. The van der Waals surface area contributed by atoms with E-state index in [1.54, 1.807) is 0 Å². The van der Waals surface area contributed by atoms with E-state index in [0.29, 0.717) is 29.5 Å². The van der Waals surface area contributed by atoms with Gasteiger partial charge in [0.1, 0.15) is 5.84 Å². The Balaban J connectivity index is 1.67. The summed E-state index contributed by atoms with van der Waals surface area (Å²) in [4.78, 5) is 6.94. The van der Waals surface area contributed by atoms with Crippen LogP contribution in [0.5, 0.6) is 5.75 Å². The van der Waals surface area contributed by atoms with Crippen molar-refractivity contribution in [2.24, 2.45) is 5.22 Å². The molecular formula is C22H18Cl2N6O. The van der Waals surface area contributed by atoms with Gasteiger partial charge in [-0.25, -0.2) is 5.43 Å². The minimum Gasteiger partial charge on any atom is -0.489 e. The van der Waals surface area contributed by atoms with E-state index in [4.69, 9.17) is 38.9 Å². The van der Waals surface area contributed by atoms with Gasteiger partial charge in [0, 0.05) is 49.0 Å². The molecule has 156 valence electrons. The normalized spacial score (nSPS) is 11.5. The topological polar surface area (TPSA) is 113 Å². The number of halogens is 2. The Labute approximate surface area is 186 Å². The molecule has 0 radical (unpaired) electrons. The highest BCUT2D eigenvalue weighted by molar-refractivity contribution is 6.33. The van der Waals surface area contributed by atoms with Crippen LogP contribution in [-0.2, 0) is 0 Å². The van der Waals surface area contributed by atoms with Gasteiger partial charge in [-0.2, -0.15) is 5.53 Å². The molecule has 0 spiro atoms. The molecule has 0 aliphatic carbocycles. The smallest absolute Gasteiger partial charge is 0.167 e. The lowest BCUT2D eigenvalue weighted by Crippen LogP contribution is -2.16. The van der Waals surface area contributed by atoms with Gasteiger partial charge in [-0.3, -0.25) is 5.41 Å². The minimum atomic E-state index is 0.183. The minimum absolute atomic E-state index is 0.183. The number of nitrogens with zero attached hydrogens (tertiary/aromatic N) is 1. The molecule has 7 nitrogen and oxygen atoms in total. The van der Waals surface area contributed by atoms with E-state index in [1.165, 1.54) is 0 Å². The van der Waals surface area contributed by atoms with Crippen LogP contribution in [-0.4, -0.2) is 22.4 Å². The highest BCUT2D eigenvalue weighted by Gasteiger charge is 2.18. The molecule has 0 atom stereocenters. The number of aromatic nitrogens is 2. The first kappa shape index (κ1) is 19.7. The van der Waals surface area contributed by atoms with Gasteiger partial charge in [-0.05, 0) is 48.9 Å². The third-order valence-electron chi connectivity index (χ3n) is 5.35. The fourth-order valence-electron chi connectivity index (χ4n) is 3.99. The van der Waals surface area contributed by atoms with E-state index in [1.807, 2.05) is 36.4 Å². The van der Waals surface area contributed by atoms with Gasteiger partial charge in [-0.1, -0.05) is 28.4 Å². The molecule has 0 fully saturated rings. The summed E-state index contributed by atoms with van der Waals surface area (Å²) in [5.74, 6) is 0.902. The highest BCUT2D eigenvalue weighted by atomic mass is 35.5. The summed E-state index contributed by atoms with van der Waals surface area (Å²) < 4.78 is 6.25. The molecule has 0 aliphatic heterocycles. The van der Waals surface area contributed by atoms with Crippen LogP contribution >= 0.6 is 23.2 Å².